The second-order valence-corrected chi connectivity index (χ2v) is 10.7. The number of hydrogen-bond donors (Lipinski definition) is 0. The van der Waals surface area contributed by atoms with E-state index in [2.05, 4.69) is 6.07 Å². The van der Waals surface area contributed by atoms with E-state index >= 15 is 0 Å². The number of rotatable bonds is 2. The number of nitrogens with zero attached hydrogens (tertiary/aromatic N) is 1. The third-order valence-electron chi connectivity index (χ3n) is 6.88. The standard InChI is InChI=1S/C23H25NO6S/c25-31(26,17-3-4-19-21(12-17)29-8-7-27-19)24-14-16-11-20-22(30-10-9-28-20)13-18(16)23(15-24)5-1-2-6-23/h3-4,11-13H,1-2,5-10,14-15H2. The van der Waals surface area contributed by atoms with Crippen LogP contribution in [-0.4, -0.2) is 45.7 Å². The summed E-state index contributed by atoms with van der Waals surface area (Å²) in [6.07, 6.45) is 4.16. The summed E-state index contributed by atoms with van der Waals surface area (Å²) in [4.78, 5) is 0.242. The highest BCUT2D eigenvalue weighted by Crippen LogP contribution is 2.50. The Bertz CT molecular complexity index is 1140. The van der Waals surface area contributed by atoms with Crippen LogP contribution in [-0.2, 0) is 22.0 Å². The SMILES string of the molecule is O=S(=O)(c1ccc2c(c1)OCCO2)N1Cc2cc3c(cc2C2(CCCC2)C1)OCCO3. The van der Waals surface area contributed by atoms with E-state index in [9.17, 15) is 8.42 Å². The van der Waals surface area contributed by atoms with Crippen LogP contribution in [0.3, 0.4) is 0 Å². The van der Waals surface area contributed by atoms with Gasteiger partial charge < -0.3 is 18.9 Å². The Balaban J connectivity index is 1.41. The van der Waals surface area contributed by atoms with Crippen LogP contribution in [0.2, 0.25) is 0 Å². The fourth-order valence-corrected chi connectivity index (χ4v) is 6.93. The summed E-state index contributed by atoms with van der Waals surface area (Å²) in [6, 6.07) is 8.97. The Morgan fingerprint density at radius 2 is 1.39 bits per heavy atom. The van der Waals surface area contributed by atoms with Crippen LogP contribution < -0.4 is 18.9 Å². The molecule has 1 saturated carbocycles. The molecule has 7 nitrogen and oxygen atoms in total. The summed E-state index contributed by atoms with van der Waals surface area (Å²) in [5.74, 6) is 2.56. The molecule has 31 heavy (non-hydrogen) atoms. The molecule has 3 heterocycles. The Morgan fingerprint density at radius 3 is 2.10 bits per heavy atom. The minimum absolute atomic E-state index is 0.176. The van der Waals surface area contributed by atoms with E-state index in [-0.39, 0.29) is 10.3 Å². The molecule has 0 saturated heterocycles. The first-order chi connectivity index (χ1) is 15.1. The normalized spacial score (nSPS) is 21.7. The maximum atomic E-state index is 13.7. The number of fused-ring (bicyclic) bond motifs is 4. The topological polar surface area (TPSA) is 74.3 Å². The molecule has 4 aliphatic rings. The van der Waals surface area contributed by atoms with Gasteiger partial charge in [0.05, 0.1) is 4.90 Å². The van der Waals surface area contributed by atoms with Crippen molar-refractivity contribution in [2.45, 2.75) is 42.5 Å². The van der Waals surface area contributed by atoms with Crippen molar-refractivity contribution in [1.82, 2.24) is 4.31 Å². The van der Waals surface area contributed by atoms with E-state index in [1.54, 1.807) is 22.5 Å². The van der Waals surface area contributed by atoms with Crippen molar-refractivity contribution in [1.29, 1.82) is 0 Å². The molecule has 0 aromatic heterocycles. The zero-order valence-corrected chi connectivity index (χ0v) is 18.1. The molecule has 0 unspecified atom stereocenters. The van der Waals surface area contributed by atoms with Gasteiger partial charge >= 0.3 is 0 Å². The molecule has 1 fully saturated rings. The zero-order valence-electron chi connectivity index (χ0n) is 17.3. The second-order valence-electron chi connectivity index (χ2n) is 8.72. The Labute approximate surface area is 181 Å². The quantitative estimate of drug-likeness (QED) is 0.710. The van der Waals surface area contributed by atoms with Crippen molar-refractivity contribution >= 4 is 10.0 Å². The first-order valence-corrected chi connectivity index (χ1v) is 12.3. The van der Waals surface area contributed by atoms with Gasteiger partial charge in [-0.3, -0.25) is 0 Å². The number of benzene rings is 2. The predicted octanol–water partition coefficient (Wildman–Crippen LogP) is 3.25. The summed E-state index contributed by atoms with van der Waals surface area (Å²) in [5, 5.41) is 0. The smallest absolute Gasteiger partial charge is 0.243 e. The maximum absolute atomic E-state index is 13.7. The number of ether oxygens (including phenoxy) is 4. The third kappa shape index (κ3) is 3.07. The summed E-state index contributed by atoms with van der Waals surface area (Å²) < 4.78 is 51.8. The van der Waals surface area contributed by atoms with Crippen molar-refractivity contribution < 1.29 is 27.4 Å². The molecule has 3 aliphatic heterocycles. The van der Waals surface area contributed by atoms with E-state index in [1.165, 1.54) is 5.56 Å². The lowest BCUT2D eigenvalue weighted by molar-refractivity contribution is 0.169. The molecule has 1 aliphatic carbocycles. The van der Waals surface area contributed by atoms with Crippen LogP contribution in [0, 0.1) is 0 Å². The lowest BCUT2D eigenvalue weighted by Crippen LogP contribution is -2.46. The number of sulfonamides is 1. The van der Waals surface area contributed by atoms with Gasteiger partial charge in [-0.05, 0) is 48.2 Å². The van der Waals surface area contributed by atoms with Gasteiger partial charge in [-0.2, -0.15) is 4.31 Å². The summed E-state index contributed by atoms with van der Waals surface area (Å²) in [5.41, 5.74) is 2.06. The Kier molecular flexibility index (Phi) is 4.37. The van der Waals surface area contributed by atoms with Crippen LogP contribution in [0.5, 0.6) is 23.0 Å². The van der Waals surface area contributed by atoms with Gasteiger partial charge in [-0.15, -0.1) is 0 Å². The van der Waals surface area contributed by atoms with Crippen LogP contribution in [0.1, 0.15) is 36.8 Å². The molecule has 6 rings (SSSR count). The molecule has 0 radical (unpaired) electrons. The third-order valence-corrected chi connectivity index (χ3v) is 8.66. The van der Waals surface area contributed by atoms with Crippen molar-refractivity contribution in [2.75, 3.05) is 33.0 Å². The molecule has 0 bridgehead atoms. The Hall–Kier alpha value is -2.45. The van der Waals surface area contributed by atoms with Crippen molar-refractivity contribution in [3.8, 4) is 23.0 Å². The van der Waals surface area contributed by atoms with Crippen molar-refractivity contribution in [3.05, 3.63) is 41.5 Å². The molecular weight excluding hydrogens is 418 g/mol. The van der Waals surface area contributed by atoms with Crippen molar-refractivity contribution in [2.24, 2.45) is 0 Å². The van der Waals surface area contributed by atoms with Gasteiger partial charge in [-0.25, -0.2) is 8.42 Å². The largest absolute Gasteiger partial charge is 0.486 e. The molecule has 0 atom stereocenters. The van der Waals surface area contributed by atoms with E-state index in [0.717, 1.165) is 37.0 Å². The summed E-state index contributed by atoms with van der Waals surface area (Å²) in [7, 11) is -3.70. The summed E-state index contributed by atoms with van der Waals surface area (Å²) in [6.45, 7) is 2.75. The van der Waals surface area contributed by atoms with Crippen LogP contribution in [0.25, 0.3) is 0 Å². The summed E-state index contributed by atoms with van der Waals surface area (Å²) >= 11 is 0. The van der Waals surface area contributed by atoms with E-state index in [4.69, 9.17) is 18.9 Å². The van der Waals surface area contributed by atoms with Gasteiger partial charge in [0.15, 0.2) is 23.0 Å². The van der Waals surface area contributed by atoms with Crippen LogP contribution in [0.15, 0.2) is 35.2 Å². The van der Waals surface area contributed by atoms with Crippen LogP contribution in [0.4, 0.5) is 0 Å². The van der Waals surface area contributed by atoms with E-state index in [1.807, 2.05) is 6.07 Å². The molecular formula is C23H25NO6S. The fourth-order valence-electron chi connectivity index (χ4n) is 5.41. The second kappa shape index (κ2) is 7.03. The highest BCUT2D eigenvalue weighted by Gasteiger charge is 2.46. The molecule has 2 aromatic carbocycles. The highest BCUT2D eigenvalue weighted by atomic mass is 32.2. The molecule has 0 amide bonds. The average Bonchev–Trinajstić information content (AvgIpc) is 3.26. The maximum Gasteiger partial charge on any atom is 0.243 e. The first kappa shape index (κ1) is 19.3. The van der Waals surface area contributed by atoms with Gasteiger partial charge in [0.25, 0.3) is 0 Å². The van der Waals surface area contributed by atoms with Gasteiger partial charge in [0.1, 0.15) is 26.4 Å². The number of hydrogen-bond acceptors (Lipinski definition) is 6. The molecule has 2 aromatic rings. The molecule has 1 spiro atoms. The Morgan fingerprint density at radius 1 is 0.774 bits per heavy atom. The average molecular weight is 444 g/mol. The minimum atomic E-state index is -3.70. The van der Waals surface area contributed by atoms with E-state index < -0.39 is 10.0 Å². The monoisotopic (exact) mass is 443 g/mol. The zero-order chi connectivity index (χ0) is 21.1. The molecule has 8 heteroatoms. The van der Waals surface area contributed by atoms with E-state index in [0.29, 0.717) is 56.8 Å². The lowest BCUT2D eigenvalue weighted by Gasteiger charge is -2.42. The highest BCUT2D eigenvalue weighted by molar-refractivity contribution is 7.89. The lowest BCUT2D eigenvalue weighted by atomic mass is 9.74. The predicted molar refractivity (Wildman–Crippen MR) is 113 cm³/mol. The first-order valence-electron chi connectivity index (χ1n) is 10.9. The molecule has 0 N–H and O–H groups in total. The van der Waals surface area contributed by atoms with Gasteiger partial charge in [0.2, 0.25) is 10.0 Å². The minimum Gasteiger partial charge on any atom is -0.486 e. The molecule has 164 valence electrons. The fraction of sp³-hybridized carbons (Fsp3) is 0.478. The van der Waals surface area contributed by atoms with Crippen LogP contribution >= 0.6 is 0 Å². The van der Waals surface area contributed by atoms with Gasteiger partial charge in [0, 0.05) is 24.6 Å². The van der Waals surface area contributed by atoms with Crippen molar-refractivity contribution in [3.63, 3.8) is 0 Å². The van der Waals surface area contributed by atoms with Gasteiger partial charge in [-0.1, -0.05) is 12.8 Å².